The molecule has 0 bridgehead atoms. The molecule has 1 aromatic rings. The van der Waals surface area contributed by atoms with Gasteiger partial charge >= 0.3 is 0 Å². The first-order chi connectivity index (χ1) is 9.01. The number of piperidine rings is 1. The van der Waals surface area contributed by atoms with Crippen LogP contribution in [0.3, 0.4) is 0 Å². The molecular weight excluding hydrogens is 267 g/mol. The second-order valence-corrected chi connectivity index (χ2v) is 5.61. The molecule has 0 saturated carbocycles. The molecule has 5 heteroatoms. The van der Waals surface area contributed by atoms with Crippen molar-refractivity contribution >= 4 is 17.5 Å². The number of likely N-dealkylation sites (tertiary alicyclic amines) is 1. The van der Waals surface area contributed by atoms with E-state index >= 15 is 0 Å². The lowest BCUT2D eigenvalue weighted by atomic mass is 9.92. The molecule has 1 heterocycles. The van der Waals surface area contributed by atoms with Crippen LogP contribution in [0.5, 0.6) is 0 Å². The summed E-state index contributed by atoms with van der Waals surface area (Å²) in [6.45, 7) is 3.25. The normalized spacial score (nSPS) is 23.5. The molecule has 2 atom stereocenters. The highest BCUT2D eigenvalue weighted by atomic mass is 35.5. The molecule has 104 valence electrons. The van der Waals surface area contributed by atoms with Gasteiger partial charge in [-0.3, -0.25) is 4.79 Å². The minimum atomic E-state index is -0.495. The van der Waals surface area contributed by atoms with E-state index in [0.717, 1.165) is 12.8 Å². The van der Waals surface area contributed by atoms with Crippen molar-refractivity contribution < 1.29 is 9.18 Å². The highest BCUT2D eigenvalue weighted by Gasteiger charge is 2.29. The van der Waals surface area contributed by atoms with Crippen molar-refractivity contribution in [3.63, 3.8) is 0 Å². The van der Waals surface area contributed by atoms with Crippen LogP contribution >= 0.6 is 11.6 Å². The quantitative estimate of drug-likeness (QED) is 0.907. The van der Waals surface area contributed by atoms with Gasteiger partial charge in [-0.2, -0.15) is 0 Å². The third-order valence-electron chi connectivity index (χ3n) is 3.62. The fourth-order valence-corrected chi connectivity index (χ4v) is 2.81. The van der Waals surface area contributed by atoms with Crippen LogP contribution in [0.4, 0.5) is 4.39 Å². The third-order valence-corrected chi connectivity index (χ3v) is 3.84. The maximum atomic E-state index is 13.3. The summed E-state index contributed by atoms with van der Waals surface area (Å²) in [4.78, 5) is 14.2. The molecule has 19 heavy (non-hydrogen) atoms. The maximum Gasteiger partial charge on any atom is 0.254 e. The van der Waals surface area contributed by atoms with Gasteiger partial charge < -0.3 is 10.6 Å². The van der Waals surface area contributed by atoms with Crippen LogP contribution in [0, 0.1) is 11.7 Å². The first-order valence-corrected chi connectivity index (χ1v) is 6.86. The van der Waals surface area contributed by atoms with E-state index in [2.05, 4.69) is 6.92 Å². The van der Waals surface area contributed by atoms with Crippen molar-refractivity contribution in [3.05, 3.63) is 34.6 Å². The molecule has 0 aromatic heterocycles. The summed E-state index contributed by atoms with van der Waals surface area (Å²) < 4.78 is 13.3. The average Bonchev–Trinajstić information content (AvgIpc) is 2.36. The Balaban J connectivity index is 2.22. The van der Waals surface area contributed by atoms with Crippen LogP contribution in [0.25, 0.3) is 0 Å². The maximum absolute atomic E-state index is 13.3. The predicted octanol–water partition coefficient (Wildman–Crippen LogP) is 2.68. The first-order valence-electron chi connectivity index (χ1n) is 6.48. The lowest BCUT2D eigenvalue weighted by molar-refractivity contribution is 0.0573. The van der Waals surface area contributed by atoms with Gasteiger partial charge in [0.15, 0.2) is 0 Å². The number of hydrogen-bond donors (Lipinski definition) is 1. The Morgan fingerprint density at radius 2 is 2.26 bits per heavy atom. The smallest absolute Gasteiger partial charge is 0.254 e. The number of amides is 1. The summed E-state index contributed by atoms with van der Waals surface area (Å²) in [5.41, 5.74) is 6.03. The van der Waals surface area contributed by atoms with Crippen LogP contribution in [0.15, 0.2) is 18.2 Å². The number of carbonyl (C=O) groups excluding carboxylic acids is 1. The van der Waals surface area contributed by atoms with E-state index in [4.69, 9.17) is 17.3 Å². The van der Waals surface area contributed by atoms with Crippen molar-refractivity contribution in [2.45, 2.75) is 25.8 Å². The molecule has 1 saturated heterocycles. The number of benzene rings is 1. The molecule has 0 spiro atoms. The van der Waals surface area contributed by atoms with Gasteiger partial charge in [0.2, 0.25) is 0 Å². The van der Waals surface area contributed by atoms with Gasteiger partial charge in [-0.1, -0.05) is 18.5 Å². The molecule has 1 fully saturated rings. The van der Waals surface area contributed by atoms with E-state index in [1.807, 2.05) is 0 Å². The van der Waals surface area contributed by atoms with Crippen LogP contribution in [0.1, 0.15) is 30.1 Å². The summed E-state index contributed by atoms with van der Waals surface area (Å²) in [5, 5.41) is 0.234. The van der Waals surface area contributed by atoms with Crippen LogP contribution < -0.4 is 5.73 Å². The summed E-state index contributed by atoms with van der Waals surface area (Å²) in [6.07, 6.45) is 1.84. The van der Waals surface area contributed by atoms with Gasteiger partial charge in [0, 0.05) is 29.7 Å². The van der Waals surface area contributed by atoms with E-state index in [1.54, 1.807) is 4.90 Å². The Kier molecular flexibility index (Phi) is 4.42. The van der Waals surface area contributed by atoms with Crippen molar-refractivity contribution in [2.24, 2.45) is 11.7 Å². The SMILES string of the molecule is CC1CCN(C(=O)c2cc(F)cc(Cl)c2)C(CN)C1. The largest absolute Gasteiger partial charge is 0.334 e. The molecule has 1 aromatic carbocycles. The zero-order chi connectivity index (χ0) is 14.0. The Morgan fingerprint density at radius 3 is 2.89 bits per heavy atom. The summed E-state index contributed by atoms with van der Waals surface area (Å²) in [5.74, 6) is -0.122. The third kappa shape index (κ3) is 3.25. The Morgan fingerprint density at radius 1 is 1.53 bits per heavy atom. The number of carbonyl (C=O) groups is 1. The molecule has 3 nitrogen and oxygen atoms in total. The van der Waals surface area contributed by atoms with Crippen molar-refractivity contribution in [3.8, 4) is 0 Å². The van der Waals surface area contributed by atoms with E-state index in [1.165, 1.54) is 18.2 Å². The summed E-state index contributed by atoms with van der Waals surface area (Å²) >= 11 is 5.79. The van der Waals surface area contributed by atoms with Crippen LogP contribution in [0.2, 0.25) is 5.02 Å². The second-order valence-electron chi connectivity index (χ2n) is 5.18. The van der Waals surface area contributed by atoms with Gasteiger partial charge in [-0.25, -0.2) is 4.39 Å². The number of nitrogens with zero attached hydrogens (tertiary/aromatic N) is 1. The minimum Gasteiger partial charge on any atom is -0.334 e. The summed E-state index contributed by atoms with van der Waals surface area (Å²) in [6, 6.07) is 3.94. The van der Waals surface area contributed by atoms with Gasteiger partial charge in [0.25, 0.3) is 5.91 Å². The molecule has 1 aliphatic rings. The van der Waals surface area contributed by atoms with Gasteiger partial charge in [-0.15, -0.1) is 0 Å². The van der Waals surface area contributed by atoms with Gasteiger partial charge in [0.1, 0.15) is 5.82 Å². The topological polar surface area (TPSA) is 46.3 Å². The van der Waals surface area contributed by atoms with Crippen LogP contribution in [-0.2, 0) is 0 Å². The molecule has 2 rings (SSSR count). The highest BCUT2D eigenvalue weighted by molar-refractivity contribution is 6.31. The van der Waals surface area contributed by atoms with Crippen LogP contribution in [-0.4, -0.2) is 29.9 Å². The van der Waals surface area contributed by atoms with Gasteiger partial charge in [0.05, 0.1) is 0 Å². The lowest BCUT2D eigenvalue weighted by Crippen LogP contribution is -2.49. The number of halogens is 2. The molecule has 1 amide bonds. The Labute approximate surface area is 117 Å². The Bertz CT molecular complexity index is 460. The molecular formula is C14H18ClFN2O. The first kappa shape index (κ1) is 14.3. The highest BCUT2D eigenvalue weighted by Crippen LogP contribution is 2.24. The summed E-state index contributed by atoms with van der Waals surface area (Å²) in [7, 11) is 0. The molecule has 0 radical (unpaired) electrons. The average molecular weight is 285 g/mol. The van der Waals surface area contributed by atoms with Crippen molar-refractivity contribution in [2.75, 3.05) is 13.1 Å². The van der Waals surface area contributed by atoms with Crippen molar-refractivity contribution in [1.29, 1.82) is 0 Å². The van der Waals surface area contributed by atoms with Gasteiger partial charge in [-0.05, 0) is 37.0 Å². The zero-order valence-electron chi connectivity index (χ0n) is 10.9. The Hall–Kier alpha value is -1.13. The number of nitrogens with two attached hydrogens (primary N) is 1. The number of rotatable bonds is 2. The predicted molar refractivity (Wildman–Crippen MR) is 73.7 cm³/mol. The monoisotopic (exact) mass is 284 g/mol. The zero-order valence-corrected chi connectivity index (χ0v) is 11.7. The molecule has 2 unspecified atom stereocenters. The van der Waals surface area contributed by atoms with E-state index < -0.39 is 5.82 Å². The van der Waals surface area contributed by atoms with E-state index in [-0.39, 0.29) is 22.5 Å². The van der Waals surface area contributed by atoms with Crippen molar-refractivity contribution in [1.82, 2.24) is 4.90 Å². The van der Waals surface area contributed by atoms with E-state index in [0.29, 0.717) is 19.0 Å². The molecule has 2 N–H and O–H groups in total. The second kappa shape index (κ2) is 5.88. The standard InChI is InChI=1S/C14H18ClFN2O/c1-9-2-3-18(13(4-9)8-17)14(19)10-5-11(15)7-12(16)6-10/h5-7,9,13H,2-4,8,17H2,1H3. The molecule has 1 aliphatic heterocycles. The fraction of sp³-hybridized carbons (Fsp3) is 0.500. The van der Waals surface area contributed by atoms with E-state index in [9.17, 15) is 9.18 Å². The minimum absolute atomic E-state index is 0.0262. The molecule has 0 aliphatic carbocycles. The number of hydrogen-bond acceptors (Lipinski definition) is 2. The fourth-order valence-electron chi connectivity index (χ4n) is 2.59. The lowest BCUT2D eigenvalue weighted by Gasteiger charge is -2.38.